The maximum absolute atomic E-state index is 10.6. The van der Waals surface area contributed by atoms with Crippen LogP contribution >= 0.6 is 0 Å². The summed E-state index contributed by atoms with van der Waals surface area (Å²) in [5.74, 6) is -0.451. The molecule has 0 spiro atoms. The second-order valence-corrected chi connectivity index (χ2v) is 5.35. The third kappa shape index (κ3) is 4.69. The van der Waals surface area contributed by atoms with Gasteiger partial charge in [0.15, 0.2) is 0 Å². The maximum atomic E-state index is 10.6. The van der Waals surface area contributed by atoms with Crippen molar-refractivity contribution >= 4 is 10.1 Å². The monoisotopic (exact) mass is 264 g/mol. The minimum Gasteiger partial charge on any atom is -0.748 e. The van der Waals surface area contributed by atoms with Crippen LogP contribution in [0.25, 0.3) is 0 Å². The topological polar surface area (TPSA) is 66.4 Å². The minimum absolute atomic E-state index is 0. The summed E-state index contributed by atoms with van der Waals surface area (Å²) < 4.78 is 37.4. The van der Waals surface area contributed by atoms with Gasteiger partial charge in [-0.15, -0.1) is 0 Å². The third-order valence-electron chi connectivity index (χ3n) is 2.60. The van der Waals surface area contributed by atoms with Crippen molar-refractivity contribution in [3.63, 3.8) is 0 Å². The van der Waals surface area contributed by atoms with Crippen molar-refractivity contribution in [3.8, 4) is 0 Å². The zero-order valence-corrected chi connectivity index (χ0v) is 12.6. The number of benzene rings is 1. The summed E-state index contributed by atoms with van der Waals surface area (Å²) >= 11 is 0. The fourth-order valence-corrected chi connectivity index (χ4v) is 2.52. The van der Waals surface area contributed by atoms with E-state index in [0.717, 1.165) is 25.0 Å². The van der Waals surface area contributed by atoms with Crippen LogP contribution in [0.1, 0.15) is 30.1 Å². The molecule has 1 aromatic carbocycles. The number of hydrogen-bond acceptors (Lipinski definition) is 4. The van der Waals surface area contributed by atoms with Crippen LogP contribution < -0.4 is 29.6 Å². The Balaban J connectivity index is 0.00000144. The molecule has 1 fully saturated rings. The summed E-state index contributed by atoms with van der Waals surface area (Å²) in [6.07, 6.45) is 2.02. The first-order valence-corrected chi connectivity index (χ1v) is 6.76. The van der Waals surface area contributed by atoms with E-state index in [1.54, 1.807) is 18.2 Å². The van der Waals surface area contributed by atoms with Crippen molar-refractivity contribution in [3.05, 3.63) is 35.4 Å². The molecule has 0 radical (unpaired) electrons. The molecular weight excluding hydrogens is 251 g/mol. The summed E-state index contributed by atoms with van der Waals surface area (Å²) in [5.41, 5.74) is 1.49. The first-order chi connectivity index (χ1) is 7.54. The Morgan fingerprint density at radius 2 is 2.18 bits per heavy atom. The average molecular weight is 264 g/mol. The Morgan fingerprint density at radius 3 is 2.76 bits per heavy atom. The SMILES string of the molecule is O=S(=O)([O-])Cc1cccc(C2CCCO2)c1.[Na+]. The van der Waals surface area contributed by atoms with Gasteiger partial charge in [-0.3, -0.25) is 0 Å². The van der Waals surface area contributed by atoms with Gasteiger partial charge in [0.1, 0.15) is 0 Å². The predicted octanol–water partition coefficient (Wildman–Crippen LogP) is -1.41. The van der Waals surface area contributed by atoms with E-state index in [-0.39, 0.29) is 35.7 Å². The van der Waals surface area contributed by atoms with E-state index >= 15 is 0 Å². The quantitative estimate of drug-likeness (QED) is 0.497. The number of ether oxygens (including phenoxy) is 1. The van der Waals surface area contributed by atoms with Crippen molar-refractivity contribution in [2.75, 3.05) is 6.61 Å². The summed E-state index contributed by atoms with van der Waals surface area (Å²) in [6, 6.07) is 7.05. The van der Waals surface area contributed by atoms with E-state index in [0.29, 0.717) is 5.56 Å². The van der Waals surface area contributed by atoms with Crippen LogP contribution in [0.5, 0.6) is 0 Å². The normalized spacial score (nSPS) is 19.9. The van der Waals surface area contributed by atoms with Gasteiger partial charge in [-0.25, -0.2) is 8.42 Å². The van der Waals surface area contributed by atoms with Crippen LogP contribution in [0, 0.1) is 0 Å². The summed E-state index contributed by atoms with van der Waals surface area (Å²) in [5, 5.41) is 0. The fourth-order valence-electron chi connectivity index (χ4n) is 1.93. The van der Waals surface area contributed by atoms with Gasteiger partial charge in [-0.2, -0.15) is 0 Å². The Morgan fingerprint density at radius 1 is 1.41 bits per heavy atom. The van der Waals surface area contributed by atoms with Crippen LogP contribution in [0.4, 0.5) is 0 Å². The molecule has 1 aliphatic rings. The molecule has 4 nitrogen and oxygen atoms in total. The third-order valence-corrected chi connectivity index (χ3v) is 3.28. The molecule has 1 aromatic rings. The first kappa shape index (κ1) is 15.1. The van der Waals surface area contributed by atoms with Gasteiger partial charge >= 0.3 is 29.6 Å². The Kier molecular flexibility index (Phi) is 5.63. The molecule has 17 heavy (non-hydrogen) atoms. The molecule has 0 bridgehead atoms. The van der Waals surface area contributed by atoms with Crippen molar-refractivity contribution in [1.82, 2.24) is 0 Å². The van der Waals surface area contributed by atoms with Crippen molar-refractivity contribution < 1.29 is 47.3 Å². The Labute approximate surface area is 123 Å². The molecule has 1 heterocycles. The Bertz CT molecular complexity index is 466. The van der Waals surface area contributed by atoms with Gasteiger partial charge in [0, 0.05) is 6.61 Å². The molecule has 0 amide bonds. The molecule has 6 heteroatoms. The molecule has 0 N–H and O–H groups in total. The van der Waals surface area contributed by atoms with E-state index < -0.39 is 15.9 Å². The van der Waals surface area contributed by atoms with Gasteiger partial charge < -0.3 is 9.29 Å². The smallest absolute Gasteiger partial charge is 0.748 e. The summed E-state index contributed by atoms with van der Waals surface area (Å²) in [6.45, 7) is 0.745. The molecule has 1 atom stereocenters. The van der Waals surface area contributed by atoms with Gasteiger partial charge in [0.05, 0.1) is 22.0 Å². The first-order valence-electron chi connectivity index (χ1n) is 5.18. The number of rotatable bonds is 3. The molecule has 0 aliphatic carbocycles. The van der Waals surface area contributed by atoms with Crippen LogP contribution in [0.2, 0.25) is 0 Å². The van der Waals surface area contributed by atoms with Crippen molar-refractivity contribution in [2.24, 2.45) is 0 Å². The molecule has 1 saturated heterocycles. The maximum Gasteiger partial charge on any atom is 1.00 e. The van der Waals surface area contributed by atoms with Gasteiger partial charge in [0.2, 0.25) is 0 Å². The number of hydrogen-bond donors (Lipinski definition) is 0. The van der Waals surface area contributed by atoms with Gasteiger partial charge in [-0.05, 0) is 24.0 Å². The van der Waals surface area contributed by atoms with E-state index in [1.807, 2.05) is 6.07 Å². The van der Waals surface area contributed by atoms with E-state index in [2.05, 4.69) is 0 Å². The molecule has 1 aliphatic heterocycles. The van der Waals surface area contributed by atoms with Crippen molar-refractivity contribution in [1.29, 1.82) is 0 Å². The van der Waals surface area contributed by atoms with Gasteiger partial charge in [-0.1, -0.05) is 24.3 Å². The van der Waals surface area contributed by atoms with Crippen LogP contribution in [-0.4, -0.2) is 19.6 Å². The van der Waals surface area contributed by atoms with Crippen molar-refractivity contribution in [2.45, 2.75) is 24.7 Å². The van der Waals surface area contributed by atoms with Crippen LogP contribution in [0.3, 0.4) is 0 Å². The molecular formula is C11H13NaO4S. The summed E-state index contributed by atoms with van der Waals surface area (Å²) in [7, 11) is -4.21. The fraction of sp³-hybridized carbons (Fsp3) is 0.455. The van der Waals surface area contributed by atoms with Crippen LogP contribution in [-0.2, 0) is 20.6 Å². The second-order valence-electron chi connectivity index (χ2n) is 3.95. The van der Waals surface area contributed by atoms with Gasteiger partial charge in [0.25, 0.3) is 0 Å². The average Bonchev–Trinajstić information content (AvgIpc) is 2.68. The minimum atomic E-state index is -4.21. The van der Waals surface area contributed by atoms with E-state index in [9.17, 15) is 13.0 Å². The standard InChI is InChI=1S/C11H14O4S.Na/c12-16(13,14)8-9-3-1-4-10(7-9)11-5-2-6-15-11;/h1,3-4,7,11H,2,5-6,8H2,(H,12,13,14);/q;+1/p-1. The zero-order valence-electron chi connectivity index (χ0n) is 9.76. The van der Waals surface area contributed by atoms with E-state index in [1.165, 1.54) is 0 Å². The van der Waals surface area contributed by atoms with E-state index in [4.69, 9.17) is 4.74 Å². The molecule has 2 rings (SSSR count). The van der Waals surface area contributed by atoms with Crippen LogP contribution in [0.15, 0.2) is 24.3 Å². The summed E-state index contributed by atoms with van der Waals surface area (Å²) in [4.78, 5) is 0. The molecule has 0 aromatic heterocycles. The predicted molar refractivity (Wildman–Crippen MR) is 57.8 cm³/mol. The molecule has 0 saturated carbocycles. The zero-order chi connectivity index (χ0) is 11.6. The molecule has 1 unspecified atom stereocenters. The largest absolute Gasteiger partial charge is 1.00 e. The second kappa shape index (κ2) is 6.31. The Hall–Kier alpha value is 0.0900. The molecule has 88 valence electrons.